The van der Waals surface area contributed by atoms with Crippen LogP contribution in [0, 0.1) is 5.82 Å². The van der Waals surface area contributed by atoms with Crippen LogP contribution >= 0.6 is 0 Å². The van der Waals surface area contributed by atoms with E-state index in [0.717, 1.165) is 18.7 Å². The van der Waals surface area contributed by atoms with E-state index in [0.29, 0.717) is 6.04 Å². The summed E-state index contributed by atoms with van der Waals surface area (Å²) in [4.78, 5) is 0. The lowest BCUT2D eigenvalue weighted by Crippen LogP contribution is -2.35. The Hall–Kier alpha value is -0.930. The highest BCUT2D eigenvalue weighted by atomic mass is 19.1. The monoisotopic (exact) mass is 222 g/mol. The van der Waals surface area contributed by atoms with E-state index in [9.17, 15) is 4.39 Å². The fraction of sp³-hybridized carbons (Fsp3) is 0.538. The zero-order valence-corrected chi connectivity index (χ0v) is 9.67. The van der Waals surface area contributed by atoms with Gasteiger partial charge in [0.2, 0.25) is 0 Å². The molecule has 88 valence electrons. The molecular weight excluding hydrogens is 203 g/mol. The maximum Gasteiger partial charge on any atom is 0.127 e. The first kappa shape index (κ1) is 11.6. The van der Waals surface area contributed by atoms with E-state index in [2.05, 4.69) is 10.6 Å². The molecule has 3 heteroatoms. The molecule has 0 aromatic heterocycles. The summed E-state index contributed by atoms with van der Waals surface area (Å²) < 4.78 is 13.5. The van der Waals surface area contributed by atoms with E-state index in [-0.39, 0.29) is 11.9 Å². The first-order chi connectivity index (χ1) is 7.77. The molecule has 0 radical (unpaired) electrons. The van der Waals surface area contributed by atoms with E-state index in [1.54, 1.807) is 6.07 Å². The van der Waals surface area contributed by atoms with Crippen molar-refractivity contribution >= 4 is 0 Å². The van der Waals surface area contributed by atoms with Crippen molar-refractivity contribution in [1.29, 1.82) is 0 Å². The second-order valence-electron chi connectivity index (χ2n) is 4.44. The van der Waals surface area contributed by atoms with Crippen molar-refractivity contribution in [1.82, 2.24) is 10.6 Å². The van der Waals surface area contributed by atoms with Crippen LogP contribution in [0.15, 0.2) is 24.3 Å². The van der Waals surface area contributed by atoms with Gasteiger partial charge in [0.15, 0.2) is 0 Å². The van der Waals surface area contributed by atoms with Gasteiger partial charge in [-0.15, -0.1) is 0 Å². The van der Waals surface area contributed by atoms with Gasteiger partial charge in [-0.25, -0.2) is 4.39 Å². The maximum absolute atomic E-state index is 13.5. The fourth-order valence-electron chi connectivity index (χ4n) is 2.19. The van der Waals surface area contributed by atoms with E-state index < -0.39 is 0 Å². The van der Waals surface area contributed by atoms with Gasteiger partial charge in [-0.1, -0.05) is 18.2 Å². The molecule has 1 heterocycles. The SMILES string of the molecule is C[C@@H](NCC1CCCN1)c1ccccc1F. The smallest absolute Gasteiger partial charge is 0.127 e. The van der Waals surface area contributed by atoms with Gasteiger partial charge in [0, 0.05) is 24.2 Å². The molecule has 1 aromatic carbocycles. The van der Waals surface area contributed by atoms with Crippen LogP contribution in [0.5, 0.6) is 0 Å². The van der Waals surface area contributed by atoms with E-state index in [4.69, 9.17) is 0 Å². The van der Waals surface area contributed by atoms with Gasteiger partial charge < -0.3 is 10.6 Å². The molecule has 0 amide bonds. The zero-order chi connectivity index (χ0) is 11.4. The topological polar surface area (TPSA) is 24.1 Å². The van der Waals surface area contributed by atoms with Gasteiger partial charge in [-0.3, -0.25) is 0 Å². The Labute approximate surface area is 96.2 Å². The van der Waals surface area contributed by atoms with Gasteiger partial charge in [-0.2, -0.15) is 0 Å². The third kappa shape index (κ3) is 2.80. The van der Waals surface area contributed by atoms with Crippen molar-refractivity contribution in [2.45, 2.75) is 31.8 Å². The lowest BCUT2D eigenvalue weighted by molar-refractivity contribution is 0.475. The Morgan fingerprint density at radius 2 is 2.31 bits per heavy atom. The molecule has 1 fully saturated rings. The van der Waals surface area contributed by atoms with Gasteiger partial charge in [0.05, 0.1) is 0 Å². The van der Waals surface area contributed by atoms with Crippen LogP contribution in [-0.2, 0) is 0 Å². The molecule has 16 heavy (non-hydrogen) atoms. The standard InChI is InChI=1S/C13H19FN2/c1-10(12-6-2-3-7-13(12)14)16-9-11-5-4-8-15-11/h2-3,6-7,10-11,15-16H,4-5,8-9H2,1H3/t10-,11?/m1/s1. The number of nitrogens with one attached hydrogen (secondary N) is 2. The fourth-order valence-corrected chi connectivity index (χ4v) is 2.19. The highest BCUT2D eigenvalue weighted by Gasteiger charge is 2.16. The molecule has 1 saturated heterocycles. The normalized spacial score (nSPS) is 22.2. The summed E-state index contributed by atoms with van der Waals surface area (Å²) in [7, 11) is 0. The Kier molecular flexibility index (Phi) is 3.91. The average molecular weight is 222 g/mol. The molecule has 0 aliphatic carbocycles. The van der Waals surface area contributed by atoms with Gasteiger partial charge >= 0.3 is 0 Å². The largest absolute Gasteiger partial charge is 0.313 e. The van der Waals surface area contributed by atoms with Crippen molar-refractivity contribution < 1.29 is 4.39 Å². The predicted molar refractivity (Wildman–Crippen MR) is 63.8 cm³/mol. The predicted octanol–water partition coefficient (Wildman–Crippen LogP) is 2.23. The van der Waals surface area contributed by atoms with Crippen molar-refractivity contribution in [2.24, 2.45) is 0 Å². The van der Waals surface area contributed by atoms with E-state index in [1.807, 2.05) is 19.1 Å². The van der Waals surface area contributed by atoms with Crippen LogP contribution < -0.4 is 10.6 Å². The highest BCUT2D eigenvalue weighted by molar-refractivity contribution is 5.20. The summed E-state index contributed by atoms with van der Waals surface area (Å²) in [6.45, 7) is 4.03. The van der Waals surface area contributed by atoms with Gasteiger partial charge in [-0.05, 0) is 32.4 Å². The van der Waals surface area contributed by atoms with E-state index >= 15 is 0 Å². The second-order valence-corrected chi connectivity index (χ2v) is 4.44. The number of halogens is 1. The molecular formula is C13H19FN2. The first-order valence-electron chi connectivity index (χ1n) is 5.98. The third-order valence-corrected chi connectivity index (χ3v) is 3.20. The minimum absolute atomic E-state index is 0.0728. The molecule has 2 N–H and O–H groups in total. The summed E-state index contributed by atoms with van der Waals surface area (Å²) in [5.74, 6) is -0.123. The van der Waals surface area contributed by atoms with Crippen LogP contribution in [-0.4, -0.2) is 19.1 Å². The third-order valence-electron chi connectivity index (χ3n) is 3.20. The number of benzene rings is 1. The minimum Gasteiger partial charge on any atom is -0.313 e. The molecule has 1 unspecified atom stereocenters. The van der Waals surface area contributed by atoms with Crippen LogP contribution in [0.1, 0.15) is 31.4 Å². The maximum atomic E-state index is 13.5. The second kappa shape index (κ2) is 5.41. The molecule has 2 nitrogen and oxygen atoms in total. The van der Waals surface area contributed by atoms with Crippen molar-refractivity contribution in [3.63, 3.8) is 0 Å². The molecule has 0 saturated carbocycles. The molecule has 1 aliphatic rings. The van der Waals surface area contributed by atoms with Crippen molar-refractivity contribution in [3.8, 4) is 0 Å². The van der Waals surface area contributed by atoms with Crippen LogP contribution in [0.3, 0.4) is 0 Å². The molecule has 1 aromatic rings. The van der Waals surface area contributed by atoms with Gasteiger partial charge in [0.25, 0.3) is 0 Å². The quantitative estimate of drug-likeness (QED) is 0.816. The molecule has 2 atom stereocenters. The Morgan fingerprint density at radius 3 is 3.00 bits per heavy atom. The molecule has 2 rings (SSSR count). The van der Waals surface area contributed by atoms with Crippen molar-refractivity contribution in [2.75, 3.05) is 13.1 Å². The summed E-state index contributed by atoms with van der Waals surface area (Å²) in [5.41, 5.74) is 0.750. The Balaban J connectivity index is 1.87. The van der Waals surface area contributed by atoms with Crippen LogP contribution in [0.25, 0.3) is 0 Å². The Morgan fingerprint density at radius 1 is 1.50 bits per heavy atom. The lowest BCUT2D eigenvalue weighted by atomic mass is 10.1. The molecule has 1 aliphatic heterocycles. The minimum atomic E-state index is -0.123. The summed E-state index contributed by atoms with van der Waals surface area (Å²) in [6, 6.07) is 7.59. The molecule has 0 bridgehead atoms. The summed E-state index contributed by atoms with van der Waals surface area (Å²) in [5, 5.41) is 6.80. The highest BCUT2D eigenvalue weighted by Crippen LogP contribution is 2.16. The Bertz CT molecular complexity index is 334. The van der Waals surface area contributed by atoms with Gasteiger partial charge in [0.1, 0.15) is 5.82 Å². The number of rotatable bonds is 4. The van der Waals surface area contributed by atoms with E-state index in [1.165, 1.54) is 18.9 Å². The first-order valence-corrected chi connectivity index (χ1v) is 5.98. The van der Waals surface area contributed by atoms with Crippen LogP contribution in [0.2, 0.25) is 0 Å². The average Bonchev–Trinajstić information content (AvgIpc) is 2.79. The van der Waals surface area contributed by atoms with Crippen molar-refractivity contribution in [3.05, 3.63) is 35.6 Å². The number of hydrogen-bond acceptors (Lipinski definition) is 2. The summed E-state index contributed by atoms with van der Waals surface area (Å²) >= 11 is 0. The molecule has 0 spiro atoms. The number of hydrogen-bond donors (Lipinski definition) is 2. The van der Waals surface area contributed by atoms with Crippen LogP contribution in [0.4, 0.5) is 4.39 Å². The summed E-state index contributed by atoms with van der Waals surface area (Å²) in [6.07, 6.45) is 2.47. The zero-order valence-electron chi connectivity index (χ0n) is 9.67. The lowest BCUT2D eigenvalue weighted by Gasteiger charge is -2.18.